The number of sulfone groups is 1. The number of halogens is 1. The molecule has 142 valence electrons. The normalized spacial score (nSPS) is 14.0. The van der Waals surface area contributed by atoms with Gasteiger partial charge in [-0.2, -0.15) is 0 Å². The second-order valence-electron chi connectivity index (χ2n) is 6.54. The quantitative estimate of drug-likeness (QED) is 0.556. The van der Waals surface area contributed by atoms with E-state index in [1.54, 1.807) is 17.0 Å². The molecule has 0 bridgehead atoms. The molecule has 1 amide bonds. The van der Waals surface area contributed by atoms with Crippen LogP contribution in [0.2, 0.25) is 0 Å². The van der Waals surface area contributed by atoms with E-state index in [0.29, 0.717) is 5.56 Å². The largest absolute Gasteiger partial charge is 0.331 e. The first-order valence-electron chi connectivity index (χ1n) is 8.20. The average Bonchev–Trinajstić information content (AvgIpc) is 3.44. The highest BCUT2D eigenvalue weighted by molar-refractivity contribution is 7.90. The zero-order valence-corrected chi connectivity index (χ0v) is 15.3. The van der Waals surface area contributed by atoms with Crippen LogP contribution in [0.1, 0.15) is 28.8 Å². The molecule has 9 heteroatoms. The van der Waals surface area contributed by atoms with Gasteiger partial charge in [0.1, 0.15) is 5.82 Å². The van der Waals surface area contributed by atoms with Gasteiger partial charge in [0.15, 0.2) is 9.84 Å². The molecule has 0 atom stereocenters. The first kappa shape index (κ1) is 19.0. The van der Waals surface area contributed by atoms with Gasteiger partial charge in [0.2, 0.25) is 0 Å². The third-order valence-corrected chi connectivity index (χ3v) is 5.38. The lowest BCUT2D eigenvalue weighted by molar-refractivity contribution is -0.385. The van der Waals surface area contributed by atoms with Crippen molar-refractivity contribution >= 4 is 21.4 Å². The molecule has 2 aromatic rings. The minimum atomic E-state index is -3.73. The van der Waals surface area contributed by atoms with Crippen molar-refractivity contribution in [3.8, 4) is 0 Å². The number of nitro benzene ring substituents is 1. The van der Waals surface area contributed by atoms with Crippen molar-refractivity contribution in [2.45, 2.75) is 30.3 Å². The van der Waals surface area contributed by atoms with Crippen LogP contribution in [0.5, 0.6) is 0 Å². The van der Waals surface area contributed by atoms with E-state index in [1.165, 1.54) is 12.1 Å². The monoisotopic (exact) mass is 392 g/mol. The average molecular weight is 392 g/mol. The number of amides is 1. The van der Waals surface area contributed by atoms with Crippen LogP contribution < -0.4 is 0 Å². The number of hydrogen-bond donors (Lipinski definition) is 0. The Morgan fingerprint density at radius 1 is 1.22 bits per heavy atom. The van der Waals surface area contributed by atoms with Crippen molar-refractivity contribution in [2.75, 3.05) is 6.26 Å². The third-order valence-electron chi connectivity index (χ3n) is 4.29. The van der Waals surface area contributed by atoms with Crippen LogP contribution >= 0.6 is 0 Å². The fourth-order valence-corrected chi connectivity index (χ4v) is 3.41. The number of non-ortho nitro benzene ring substituents is 1. The highest BCUT2D eigenvalue weighted by Crippen LogP contribution is 2.31. The number of nitrogens with zero attached hydrogens (tertiary/aromatic N) is 2. The van der Waals surface area contributed by atoms with Gasteiger partial charge in [-0.1, -0.05) is 12.1 Å². The number of benzene rings is 2. The topological polar surface area (TPSA) is 97.6 Å². The third kappa shape index (κ3) is 4.48. The van der Waals surface area contributed by atoms with Crippen LogP contribution in [0.25, 0.3) is 0 Å². The summed E-state index contributed by atoms with van der Waals surface area (Å²) in [6, 6.07) is 8.86. The second kappa shape index (κ2) is 7.07. The predicted octanol–water partition coefficient (Wildman–Crippen LogP) is 2.94. The van der Waals surface area contributed by atoms with Crippen molar-refractivity contribution in [3.05, 3.63) is 69.5 Å². The highest BCUT2D eigenvalue weighted by Gasteiger charge is 2.34. The van der Waals surface area contributed by atoms with E-state index >= 15 is 0 Å². The van der Waals surface area contributed by atoms with Crippen molar-refractivity contribution in [1.29, 1.82) is 0 Å². The van der Waals surface area contributed by atoms with Crippen LogP contribution in [0, 0.1) is 15.9 Å². The van der Waals surface area contributed by atoms with E-state index in [2.05, 4.69) is 0 Å². The fraction of sp³-hybridized carbons (Fsp3) is 0.278. The Hall–Kier alpha value is -2.81. The Bertz CT molecular complexity index is 1000. The van der Waals surface area contributed by atoms with Gasteiger partial charge in [-0.15, -0.1) is 0 Å². The van der Waals surface area contributed by atoms with E-state index < -0.39 is 26.4 Å². The molecule has 1 aliphatic rings. The summed E-state index contributed by atoms with van der Waals surface area (Å²) in [4.78, 5) is 24.7. The summed E-state index contributed by atoms with van der Waals surface area (Å²) in [5.74, 6) is -0.880. The first-order valence-corrected chi connectivity index (χ1v) is 10.1. The SMILES string of the molecule is CS(=O)(=O)c1cc(C(=O)N(Cc2ccc(F)cc2)C2CC2)cc([N+](=O)[O-])c1. The lowest BCUT2D eigenvalue weighted by Crippen LogP contribution is -2.32. The molecule has 0 unspecified atom stereocenters. The maximum Gasteiger partial charge on any atom is 0.271 e. The molecule has 1 aliphatic carbocycles. The molecule has 0 heterocycles. The van der Waals surface area contributed by atoms with Crippen LogP contribution in [0.15, 0.2) is 47.4 Å². The summed E-state index contributed by atoms with van der Waals surface area (Å²) in [5, 5.41) is 11.1. The molecule has 0 aromatic heterocycles. The second-order valence-corrected chi connectivity index (χ2v) is 8.55. The standard InChI is InChI=1S/C18H17FN2O5S/c1-27(25,26)17-9-13(8-16(10-17)21(23)24)18(22)20(15-6-7-15)11-12-2-4-14(19)5-3-12/h2-5,8-10,15H,6-7,11H2,1H3. The molecule has 7 nitrogen and oxygen atoms in total. The zero-order valence-electron chi connectivity index (χ0n) is 14.5. The molecular formula is C18H17FN2O5S. The van der Waals surface area contributed by atoms with Gasteiger partial charge < -0.3 is 4.90 Å². The van der Waals surface area contributed by atoms with E-state index in [1.807, 2.05) is 0 Å². The molecule has 1 fully saturated rings. The number of rotatable bonds is 6. The van der Waals surface area contributed by atoms with Crippen molar-refractivity contribution in [2.24, 2.45) is 0 Å². The molecule has 0 radical (unpaired) electrons. The molecular weight excluding hydrogens is 375 g/mol. The van der Waals surface area contributed by atoms with E-state index in [4.69, 9.17) is 0 Å². The van der Waals surface area contributed by atoms with Gasteiger partial charge >= 0.3 is 0 Å². The molecule has 2 aromatic carbocycles. The first-order chi connectivity index (χ1) is 12.6. The lowest BCUT2D eigenvalue weighted by atomic mass is 10.1. The fourth-order valence-electron chi connectivity index (χ4n) is 2.73. The molecule has 0 saturated heterocycles. The Kier molecular flexibility index (Phi) is 4.97. The Labute approximate surface area is 155 Å². The Morgan fingerprint density at radius 3 is 2.37 bits per heavy atom. The highest BCUT2D eigenvalue weighted by atomic mass is 32.2. The summed E-state index contributed by atoms with van der Waals surface area (Å²) in [6.45, 7) is 0.209. The molecule has 27 heavy (non-hydrogen) atoms. The summed E-state index contributed by atoms with van der Waals surface area (Å²) in [7, 11) is -3.73. The van der Waals surface area contributed by atoms with Crippen LogP contribution in [-0.2, 0) is 16.4 Å². The maximum absolute atomic E-state index is 13.1. The van der Waals surface area contributed by atoms with Gasteiger partial charge in [-0.3, -0.25) is 14.9 Å². The zero-order chi connectivity index (χ0) is 19.8. The van der Waals surface area contributed by atoms with Gasteiger partial charge in [0, 0.05) is 36.5 Å². The molecule has 3 rings (SSSR count). The summed E-state index contributed by atoms with van der Waals surface area (Å²) >= 11 is 0. The minimum Gasteiger partial charge on any atom is -0.331 e. The number of hydrogen-bond acceptors (Lipinski definition) is 5. The van der Waals surface area contributed by atoms with Crippen molar-refractivity contribution < 1.29 is 22.5 Å². The van der Waals surface area contributed by atoms with E-state index in [-0.39, 0.29) is 28.9 Å². The van der Waals surface area contributed by atoms with Gasteiger partial charge in [0.05, 0.1) is 9.82 Å². The van der Waals surface area contributed by atoms with Gasteiger partial charge in [-0.25, -0.2) is 12.8 Å². The maximum atomic E-state index is 13.1. The lowest BCUT2D eigenvalue weighted by Gasteiger charge is -2.23. The van der Waals surface area contributed by atoms with Crippen molar-refractivity contribution in [3.63, 3.8) is 0 Å². The van der Waals surface area contributed by atoms with Gasteiger partial charge in [-0.05, 0) is 36.6 Å². The van der Waals surface area contributed by atoms with Gasteiger partial charge in [0.25, 0.3) is 11.6 Å². The molecule has 0 aliphatic heterocycles. The number of carbonyl (C=O) groups excluding carboxylic acids is 1. The Morgan fingerprint density at radius 2 is 1.85 bits per heavy atom. The smallest absolute Gasteiger partial charge is 0.271 e. The summed E-state index contributed by atoms with van der Waals surface area (Å²) < 4.78 is 36.8. The summed E-state index contributed by atoms with van der Waals surface area (Å²) in [6.07, 6.45) is 2.51. The molecule has 0 N–H and O–H groups in total. The van der Waals surface area contributed by atoms with Crippen LogP contribution in [-0.4, -0.2) is 36.4 Å². The Balaban J connectivity index is 1.97. The number of carbonyl (C=O) groups is 1. The van der Waals surface area contributed by atoms with E-state index in [0.717, 1.165) is 37.3 Å². The summed E-state index contributed by atoms with van der Waals surface area (Å²) in [5.41, 5.74) is 0.197. The molecule has 1 saturated carbocycles. The molecule has 0 spiro atoms. The predicted molar refractivity (Wildman–Crippen MR) is 95.5 cm³/mol. The van der Waals surface area contributed by atoms with Crippen LogP contribution in [0.3, 0.4) is 0 Å². The van der Waals surface area contributed by atoms with Crippen LogP contribution in [0.4, 0.5) is 10.1 Å². The minimum absolute atomic E-state index is 0.0245. The van der Waals surface area contributed by atoms with E-state index in [9.17, 15) is 27.7 Å². The number of nitro groups is 1. The van der Waals surface area contributed by atoms with Crippen molar-refractivity contribution in [1.82, 2.24) is 4.90 Å².